The summed E-state index contributed by atoms with van der Waals surface area (Å²) < 4.78 is 0. The van der Waals surface area contributed by atoms with E-state index in [1.54, 1.807) is 45.0 Å². The van der Waals surface area contributed by atoms with Gasteiger partial charge in [0.05, 0.1) is 17.6 Å². The second kappa shape index (κ2) is 9.60. The summed E-state index contributed by atoms with van der Waals surface area (Å²) in [6, 6.07) is 6.28. The van der Waals surface area contributed by atoms with E-state index in [9.17, 15) is 19.2 Å². The third kappa shape index (κ3) is 6.46. The number of nitrogens with two attached hydrogens (primary N) is 1. The number of carboxylic acids is 1. The molecule has 2 rings (SSSR count). The highest BCUT2D eigenvalue weighted by molar-refractivity contribution is 6.28. The smallest absolute Gasteiger partial charge is 0.423 e. The van der Waals surface area contributed by atoms with Gasteiger partial charge in [-0.1, -0.05) is 12.1 Å². The zero-order valence-corrected chi connectivity index (χ0v) is 15.7. The molecule has 0 saturated heterocycles. The molecule has 28 heavy (non-hydrogen) atoms. The van der Waals surface area contributed by atoms with Crippen LogP contribution in [0, 0.1) is 0 Å². The van der Waals surface area contributed by atoms with Crippen molar-refractivity contribution >= 4 is 29.6 Å². The Kier molecular flexibility index (Phi) is 7.80. The number of hydrazine groups is 3. The summed E-state index contributed by atoms with van der Waals surface area (Å²) in [5, 5.41) is 18.2. The first-order valence-electron chi connectivity index (χ1n) is 8.08. The molecule has 1 aromatic carbocycles. The molecule has 0 unspecified atom stereocenters. The highest BCUT2D eigenvalue weighted by Crippen LogP contribution is 2.19. The van der Waals surface area contributed by atoms with Crippen molar-refractivity contribution in [3.8, 4) is 0 Å². The van der Waals surface area contributed by atoms with Crippen molar-refractivity contribution in [2.24, 2.45) is 5.84 Å². The van der Waals surface area contributed by atoms with E-state index in [-0.39, 0.29) is 18.2 Å². The first-order valence-corrected chi connectivity index (χ1v) is 8.08. The van der Waals surface area contributed by atoms with Gasteiger partial charge in [-0.25, -0.2) is 14.7 Å². The fraction of sp³-hybridized carbons (Fsp3) is 0.294. The number of hydrogen-bond acceptors (Lipinski definition) is 7. The standard InChI is InChI=1S/C12H9NO4.C5H14N4O2/c14-10-5-6-11(15)13(10)9-3-1-8(2-4-9)7-12(16)17;1-5(2,3)9(4(10)11)8-7-6/h1-6H,7H2,(H,16,17);7-8H,6H2,1-3H3,(H,10,11). The van der Waals surface area contributed by atoms with E-state index in [0.29, 0.717) is 11.3 Å². The van der Waals surface area contributed by atoms with E-state index in [1.165, 1.54) is 12.2 Å². The van der Waals surface area contributed by atoms with Gasteiger partial charge in [0.2, 0.25) is 0 Å². The van der Waals surface area contributed by atoms with Gasteiger partial charge < -0.3 is 10.2 Å². The molecule has 11 heteroatoms. The van der Waals surface area contributed by atoms with Crippen molar-refractivity contribution in [2.75, 3.05) is 4.90 Å². The van der Waals surface area contributed by atoms with Crippen LogP contribution >= 0.6 is 0 Å². The van der Waals surface area contributed by atoms with Gasteiger partial charge in [0.1, 0.15) is 0 Å². The molecule has 0 aromatic heterocycles. The number of hydrogen-bond donors (Lipinski definition) is 5. The molecule has 1 heterocycles. The minimum atomic E-state index is -1.09. The molecule has 0 spiro atoms. The normalized spacial score (nSPS) is 13.2. The number of amides is 3. The number of carboxylic acid groups (broad SMARTS) is 2. The maximum Gasteiger partial charge on any atom is 0.423 e. The maximum atomic E-state index is 11.4. The van der Waals surface area contributed by atoms with Gasteiger partial charge in [-0.3, -0.25) is 20.2 Å². The average Bonchev–Trinajstić information content (AvgIpc) is 2.91. The van der Waals surface area contributed by atoms with Gasteiger partial charge in [0.25, 0.3) is 11.8 Å². The molecule has 152 valence electrons. The largest absolute Gasteiger partial charge is 0.481 e. The number of aliphatic carboxylic acids is 1. The van der Waals surface area contributed by atoms with Crippen LogP contribution in [0.25, 0.3) is 0 Å². The molecular weight excluding hydrogens is 370 g/mol. The molecule has 0 bridgehead atoms. The molecule has 0 saturated carbocycles. The van der Waals surface area contributed by atoms with Crippen LogP contribution in [0.2, 0.25) is 0 Å². The molecule has 0 aliphatic carbocycles. The topological polar surface area (TPSA) is 165 Å². The lowest BCUT2D eigenvalue weighted by Gasteiger charge is -2.32. The van der Waals surface area contributed by atoms with Gasteiger partial charge in [-0.2, -0.15) is 11.1 Å². The van der Waals surface area contributed by atoms with Gasteiger partial charge in [-0.05, 0) is 38.5 Å². The van der Waals surface area contributed by atoms with Crippen LogP contribution in [0.15, 0.2) is 36.4 Å². The zero-order valence-electron chi connectivity index (χ0n) is 15.7. The summed E-state index contributed by atoms with van der Waals surface area (Å²) in [5.41, 5.74) is 4.87. The predicted octanol–water partition coefficient (Wildman–Crippen LogP) is 0.391. The monoisotopic (exact) mass is 393 g/mol. The Bertz CT molecular complexity index is 751. The van der Waals surface area contributed by atoms with E-state index in [2.05, 4.69) is 11.1 Å². The summed E-state index contributed by atoms with van der Waals surface area (Å²) >= 11 is 0. The van der Waals surface area contributed by atoms with E-state index < -0.39 is 17.6 Å². The van der Waals surface area contributed by atoms with Crippen LogP contribution in [-0.4, -0.2) is 44.6 Å². The van der Waals surface area contributed by atoms with E-state index in [1.807, 2.05) is 0 Å². The van der Waals surface area contributed by atoms with Crippen LogP contribution in [0.5, 0.6) is 0 Å². The van der Waals surface area contributed by atoms with Gasteiger partial charge in [0, 0.05) is 12.2 Å². The lowest BCUT2D eigenvalue weighted by Crippen LogP contribution is -2.59. The quantitative estimate of drug-likeness (QED) is 0.270. The number of benzene rings is 1. The summed E-state index contributed by atoms with van der Waals surface area (Å²) in [5.74, 6) is 3.20. The summed E-state index contributed by atoms with van der Waals surface area (Å²) in [6.07, 6.45) is 1.23. The molecule has 3 amide bonds. The van der Waals surface area contributed by atoms with Crippen molar-refractivity contribution in [1.82, 2.24) is 16.1 Å². The number of nitrogens with one attached hydrogen (secondary N) is 2. The van der Waals surface area contributed by atoms with Crippen molar-refractivity contribution in [3.63, 3.8) is 0 Å². The summed E-state index contributed by atoms with van der Waals surface area (Å²) in [4.78, 5) is 44.8. The summed E-state index contributed by atoms with van der Waals surface area (Å²) in [7, 11) is 0. The number of carbonyl (C=O) groups is 4. The number of nitrogens with zero attached hydrogens (tertiary/aromatic N) is 2. The highest BCUT2D eigenvalue weighted by Gasteiger charge is 2.26. The van der Waals surface area contributed by atoms with E-state index >= 15 is 0 Å². The van der Waals surface area contributed by atoms with Gasteiger partial charge in [0.15, 0.2) is 0 Å². The Balaban J connectivity index is 0.000000311. The average molecular weight is 393 g/mol. The number of imide groups is 1. The van der Waals surface area contributed by atoms with Crippen LogP contribution in [0.4, 0.5) is 10.5 Å². The molecule has 1 aromatic rings. The van der Waals surface area contributed by atoms with Gasteiger partial charge >= 0.3 is 12.1 Å². The Morgan fingerprint density at radius 3 is 1.89 bits per heavy atom. The number of rotatable bonds is 5. The predicted molar refractivity (Wildman–Crippen MR) is 99.5 cm³/mol. The van der Waals surface area contributed by atoms with Crippen molar-refractivity contribution in [2.45, 2.75) is 32.7 Å². The Labute approximate surface area is 161 Å². The fourth-order valence-corrected chi connectivity index (χ4v) is 2.16. The molecule has 11 nitrogen and oxygen atoms in total. The Morgan fingerprint density at radius 1 is 1.07 bits per heavy atom. The molecule has 6 N–H and O–H groups in total. The SMILES string of the molecule is CC(C)(C)N(NNN)C(=O)O.O=C(O)Cc1ccc(N2C(=O)C=CC2=O)cc1. The fourth-order valence-electron chi connectivity index (χ4n) is 2.16. The Hall–Kier alpha value is -3.28. The Morgan fingerprint density at radius 2 is 1.57 bits per heavy atom. The second-order valence-corrected chi connectivity index (χ2v) is 6.63. The van der Waals surface area contributed by atoms with Gasteiger partial charge in [-0.15, -0.1) is 0 Å². The minimum Gasteiger partial charge on any atom is -0.481 e. The van der Waals surface area contributed by atoms with Crippen molar-refractivity contribution < 1.29 is 29.4 Å². The first-order chi connectivity index (χ1) is 13.0. The van der Waals surface area contributed by atoms with Crippen molar-refractivity contribution in [3.05, 3.63) is 42.0 Å². The number of anilines is 1. The molecule has 0 fully saturated rings. The lowest BCUT2D eigenvalue weighted by molar-refractivity contribution is -0.136. The van der Waals surface area contributed by atoms with E-state index in [4.69, 9.17) is 16.1 Å². The van der Waals surface area contributed by atoms with Crippen LogP contribution in [0.1, 0.15) is 26.3 Å². The lowest BCUT2D eigenvalue weighted by atomic mass is 10.1. The van der Waals surface area contributed by atoms with Crippen molar-refractivity contribution in [1.29, 1.82) is 0 Å². The minimum absolute atomic E-state index is 0.0829. The molecule has 0 radical (unpaired) electrons. The summed E-state index contributed by atoms with van der Waals surface area (Å²) in [6.45, 7) is 5.22. The van der Waals surface area contributed by atoms with Crippen LogP contribution in [0.3, 0.4) is 0 Å². The number of carbonyl (C=O) groups excluding carboxylic acids is 2. The zero-order chi connectivity index (χ0) is 21.5. The maximum absolute atomic E-state index is 11.4. The third-order valence-electron chi connectivity index (χ3n) is 3.40. The molecular formula is C17H23N5O6. The van der Waals surface area contributed by atoms with E-state index in [0.717, 1.165) is 9.91 Å². The molecule has 0 atom stereocenters. The third-order valence-corrected chi connectivity index (χ3v) is 3.40. The second-order valence-electron chi connectivity index (χ2n) is 6.63. The van der Waals surface area contributed by atoms with Crippen LogP contribution in [-0.2, 0) is 20.8 Å². The molecule has 1 aliphatic heterocycles. The first kappa shape index (κ1) is 22.8. The van der Waals surface area contributed by atoms with Crippen LogP contribution < -0.4 is 21.8 Å². The highest BCUT2D eigenvalue weighted by atomic mass is 16.4. The molecule has 1 aliphatic rings.